The third kappa shape index (κ3) is 1.76. The van der Waals surface area contributed by atoms with Crippen molar-refractivity contribution >= 4 is 5.97 Å². The first-order valence-corrected chi connectivity index (χ1v) is 4.29. The minimum Gasteiger partial charge on any atom is -0.480 e. The van der Waals surface area contributed by atoms with Gasteiger partial charge in [0.1, 0.15) is 5.54 Å². The van der Waals surface area contributed by atoms with Crippen molar-refractivity contribution in [2.75, 3.05) is 26.2 Å². The Morgan fingerprint density at radius 1 is 1.75 bits per heavy atom. The first kappa shape index (κ1) is 9.48. The van der Waals surface area contributed by atoms with E-state index >= 15 is 0 Å². The number of nitrogens with one attached hydrogen (secondary N) is 1. The molecule has 0 amide bonds. The van der Waals surface area contributed by atoms with E-state index in [0.717, 1.165) is 19.6 Å². The van der Waals surface area contributed by atoms with Crippen molar-refractivity contribution in [3.8, 4) is 0 Å². The molecule has 1 atom stereocenters. The Morgan fingerprint density at radius 2 is 2.42 bits per heavy atom. The fourth-order valence-corrected chi connectivity index (χ4v) is 1.49. The predicted molar refractivity (Wildman–Crippen MR) is 46.2 cm³/mol. The molecule has 1 heterocycles. The summed E-state index contributed by atoms with van der Waals surface area (Å²) in [6.45, 7) is 7.00. The summed E-state index contributed by atoms with van der Waals surface area (Å²) in [7, 11) is 0. The van der Waals surface area contributed by atoms with Crippen LogP contribution in [-0.4, -0.2) is 47.7 Å². The normalized spacial score (nSPS) is 31.8. The highest BCUT2D eigenvalue weighted by Gasteiger charge is 2.36. The van der Waals surface area contributed by atoms with Gasteiger partial charge in [0.15, 0.2) is 0 Å². The van der Waals surface area contributed by atoms with Crippen LogP contribution in [0.15, 0.2) is 0 Å². The molecule has 0 spiro atoms. The Morgan fingerprint density at radius 3 is 2.92 bits per heavy atom. The van der Waals surface area contributed by atoms with Gasteiger partial charge in [-0.25, -0.2) is 0 Å². The van der Waals surface area contributed by atoms with E-state index < -0.39 is 11.5 Å². The summed E-state index contributed by atoms with van der Waals surface area (Å²) in [5.41, 5.74) is -0.756. The monoisotopic (exact) mass is 172 g/mol. The fraction of sp³-hybridized carbons (Fsp3) is 0.875. The van der Waals surface area contributed by atoms with E-state index in [1.807, 2.05) is 6.92 Å². The van der Waals surface area contributed by atoms with Crippen molar-refractivity contribution in [2.45, 2.75) is 19.4 Å². The Balaban J connectivity index is 2.61. The number of nitrogens with zero attached hydrogens (tertiary/aromatic N) is 1. The molecule has 0 aromatic carbocycles. The number of aliphatic carboxylic acids is 1. The number of carboxylic acid groups (broad SMARTS) is 1. The predicted octanol–water partition coefficient (Wildman–Crippen LogP) is -0.245. The summed E-state index contributed by atoms with van der Waals surface area (Å²) in [4.78, 5) is 13.0. The maximum absolute atomic E-state index is 10.8. The Bertz CT molecular complexity index is 184. The third-order valence-electron chi connectivity index (χ3n) is 2.40. The molecule has 1 rings (SSSR count). The van der Waals surface area contributed by atoms with Gasteiger partial charge in [-0.2, -0.15) is 0 Å². The highest BCUT2D eigenvalue weighted by atomic mass is 16.4. The van der Waals surface area contributed by atoms with Crippen LogP contribution in [0, 0.1) is 0 Å². The minimum atomic E-state index is -0.763. The largest absolute Gasteiger partial charge is 0.480 e. The average molecular weight is 172 g/mol. The van der Waals surface area contributed by atoms with Gasteiger partial charge in [0.2, 0.25) is 0 Å². The molecule has 0 aromatic rings. The number of likely N-dealkylation sites (N-methyl/N-ethyl adjacent to an activating group) is 1. The Labute approximate surface area is 72.6 Å². The second-order valence-corrected chi connectivity index (χ2v) is 3.43. The number of carboxylic acids is 1. The molecule has 0 aliphatic carbocycles. The van der Waals surface area contributed by atoms with Gasteiger partial charge in [0, 0.05) is 19.6 Å². The lowest BCUT2D eigenvalue weighted by molar-refractivity contribution is -0.146. The third-order valence-corrected chi connectivity index (χ3v) is 2.40. The zero-order valence-corrected chi connectivity index (χ0v) is 7.63. The van der Waals surface area contributed by atoms with Gasteiger partial charge in [-0.05, 0) is 13.5 Å². The summed E-state index contributed by atoms with van der Waals surface area (Å²) >= 11 is 0. The minimum absolute atomic E-state index is 0.596. The van der Waals surface area contributed by atoms with Crippen LogP contribution in [0.25, 0.3) is 0 Å². The van der Waals surface area contributed by atoms with Crippen LogP contribution in [-0.2, 0) is 4.79 Å². The SMILES string of the molecule is CCN1CCNC(C)(C(=O)O)C1. The Hall–Kier alpha value is -0.610. The number of hydrogen-bond acceptors (Lipinski definition) is 3. The molecule has 1 aliphatic rings. The zero-order valence-electron chi connectivity index (χ0n) is 7.63. The quantitative estimate of drug-likeness (QED) is 0.603. The van der Waals surface area contributed by atoms with Crippen molar-refractivity contribution in [1.82, 2.24) is 10.2 Å². The molecule has 1 unspecified atom stereocenters. The fourth-order valence-electron chi connectivity index (χ4n) is 1.49. The van der Waals surface area contributed by atoms with Crippen molar-refractivity contribution in [3.63, 3.8) is 0 Å². The number of piperazine rings is 1. The van der Waals surface area contributed by atoms with Crippen LogP contribution in [0.5, 0.6) is 0 Å². The second kappa shape index (κ2) is 3.41. The summed E-state index contributed by atoms with van der Waals surface area (Å²) in [5, 5.41) is 11.9. The number of rotatable bonds is 2. The molecule has 0 saturated carbocycles. The molecule has 70 valence electrons. The lowest BCUT2D eigenvalue weighted by Gasteiger charge is -2.37. The first-order valence-electron chi connectivity index (χ1n) is 4.29. The molecule has 1 fully saturated rings. The van der Waals surface area contributed by atoms with Gasteiger partial charge in [0.05, 0.1) is 0 Å². The molecular weight excluding hydrogens is 156 g/mol. The van der Waals surface area contributed by atoms with Crippen LogP contribution in [0.2, 0.25) is 0 Å². The molecule has 0 aromatic heterocycles. The number of hydrogen-bond donors (Lipinski definition) is 2. The van der Waals surface area contributed by atoms with Crippen LogP contribution >= 0.6 is 0 Å². The van der Waals surface area contributed by atoms with E-state index in [2.05, 4.69) is 10.2 Å². The van der Waals surface area contributed by atoms with Gasteiger partial charge in [-0.1, -0.05) is 6.92 Å². The maximum Gasteiger partial charge on any atom is 0.324 e. The number of carbonyl (C=O) groups is 1. The van der Waals surface area contributed by atoms with E-state index in [-0.39, 0.29) is 0 Å². The van der Waals surface area contributed by atoms with E-state index in [1.54, 1.807) is 6.92 Å². The summed E-state index contributed by atoms with van der Waals surface area (Å²) in [6.07, 6.45) is 0. The lowest BCUT2D eigenvalue weighted by atomic mass is 10.00. The van der Waals surface area contributed by atoms with Crippen molar-refractivity contribution in [2.24, 2.45) is 0 Å². The highest BCUT2D eigenvalue weighted by Crippen LogP contribution is 2.10. The highest BCUT2D eigenvalue weighted by molar-refractivity contribution is 5.78. The van der Waals surface area contributed by atoms with Gasteiger partial charge < -0.3 is 5.11 Å². The first-order chi connectivity index (χ1) is 5.58. The molecule has 1 aliphatic heterocycles. The van der Waals surface area contributed by atoms with Crippen molar-refractivity contribution < 1.29 is 9.90 Å². The molecule has 4 heteroatoms. The molecule has 4 nitrogen and oxygen atoms in total. The summed E-state index contributed by atoms with van der Waals surface area (Å²) in [6, 6.07) is 0. The topological polar surface area (TPSA) is 52.6 Å². The van der Waals surface area contributed by atoms with Crippen LogP contribution in [0.1, 0.15) is 13.8 Å². The van der Waals surface area contributed by atoms with Crippen LogP contribution < -0.4 is 5.32 Å². The molecular formula is C8H16N2O2. The van der Waals surface area contributed by atoms with E-state index in [1.165, 1.54) is 0 Å². The maximum atomic E-state index is 10.8. The second-order valence-electron chi connectivity index (χ2n) is 3.43. The van der Waals surface area contributed by atoms with E-state index in [4.69, 9.17) is 5.11 Å². The van der Waals surface area contributed by atoms with Gasteiger partial charge in [-0.15, -0.1) is 0 Å². The van der Waals surface area contributed by atoms with Crippen LogP contribution in [0.4, 0.5) is 0 Å². The lowest BCUT2D eigenvalue weighted by Crippen LogP contribution is -2.62. The van der Waals surface area contributed by atoms with E-state index in [0.29, 0.717) is 6.54 Å². The molecule has 0 bridgehead atoms. The van der Waals surface area contributed by atoms with Gasteiger partial charge in [0.25, 0.3) is 0 Å². The average Bonchev–Trinajstić information content (AvgIpc) is 2.04. The molecule has 1 saturated heterocycles. The summed E-state index contributed by atoms with van der Waals surface area (Å²) in [5.74, 6) is -0.763. The molecule has 2 N–H and O–H groups in total. The zero-order chi connectivity index (χ0) is 9.19. The van der Waals surface area contributed by atoms with E-state index in [9.17, 15) is 4.79 Å². The van der Waals surface area contributed by atoms with Gasteiger partial charge >= 0.3 is 5.97 Å². The van der Waals surface area contributed by atoms with Gasteiger partial charge in [-0.3, -0.25) is 15.0 Å². The van der Waals surface area contributed by atoms with Crippen molar-refractivity contribution in [3.05, 3.63) is 0 Å². The summed E-state index contributed by atoms with van der Waals surface area (Å²) < 4.78 is 0. The smallest absolute Gasteiger partial charge is 0.324 e. The van der Waals surface area contributed by atoms with Crippen molar-refractivity contribution in [1.29, 1.82) is 0 Å². The Kier molecular flexibility index (Phi) is 2.69. The molecule has 0 radical (unpaired) electrons. The molecule has 12 heavy (non-hydrogen) atoms. The van der Waals surface area contributed by atoms with Crippen LogP contribution in [0.3, 0.4) is 0 Å². The standard InChI is InChI=1S/C8H16N2O2/c1-3-10-5-4-9-8(2,6-10)7(11)12/h9H,3-6H2,1-2H3,(H,11,12).